The molecule has 2 aliphatic heterocycles. The number of benzene rings is 1. The summed E-state index contributed by atoms with van der Waals surface area (Å²) < 4.78 is 19.1. The fourth-order valence-corrected chi connectivity index (χ4v) is 2.13. The summed E-state index contributed by atoms with van der Waals surface area (Å²) in [6.45, 7) is 2.57. The highest BCUT2D eigenvalue weighted by molar-refractivity contribution is 6.28. The van der Waals surface area contributed by atoms with E-state index in [-0.39, 0.29) is 16.8 Å². The second kappa shape index (κ2) is 5.42. The number of halogens is 1. The molecule has 104 valence electrons. The zero-order valence-electron chi connectivity index (χ0n) is 10.7. The number of carbonyl (C=O) groups excluding carboxylic acids is 1. The van der Waals surface area contributed by atoms with Crippen molar-refractivity contribution in [3.63, 3.8) is 0 Å². The first-order chi connectivity index (χ1) is 9.75. The van der Waals surface area contributed by atoms with Crippen molar-refractivity contribution in [1.29, 1.82) is 0 Å². The highest BCUT2D eigenvalue weighted by Gasteiger charge is 2.29. The number of nitrogens with zero attached hydrogens (tertiary/aromatic N) is 2. The lowest BCUT2D eigenvalue weighted by molar-refractivity contribution is -0.137. The molecule has 0 N–H and O–H groups in total. The Morgan fingerprint density at radius 1 is 1.25 bits per heavy atom. The smallest absolute Gasteiger partial charge is 0.369 e. The Labute approximate surface area is 115 Å². The molecule has 0 bridgehead atoms. The van der Waals surface area contributed by atoms with Gasteiger partial charge in [-0.2, -0.15) is 0 Å². The van der Waals surface area contributed by atoms with Gasteiger partial charge in [0.2, 0.25) is 0 Å². The summed E-state index contributed by atoms with van der Waals surface area (Å²) in [5, 5.41) is 3.70. The summed E-state index contributed by atoms with van der Waals surface area (Å²) in [4.78, 5) is 18.4. The van der Waals surface area contributed by atoms with Gasteiger partial charge < -0.3 is 14.5 Å². The van der Waals surface area contributed by atoms with E-state index in [0.29, 0.717) is 26.3 Å². The van der Waals surface area contributed by atoms with Crippen molar-refractivity contribution < 1.29 is 18.8 Å². The fraction of sp³-hybridized carbons (Fsp3) is 0.286. The summed E-state index contributed by atoms with van der Waals surface area (Å²) in [5.74, 6) is -0.993. The van der Waals surface area contributed by atoms with Crippen LogP contribution in [0.1, 0.15) is 5.56 Å². The van der Waals surface area contributed by atoms with Crippen LogP contribution in [0.5, 0.6) is 0 Å². The van der Waals surface area contributed by atoms with Crippen LogP contribution in [-0.4, -0.2) is 42.9 Å². The first-order valence-corrected chi connectivity index (χ1v) is 6.34. The van der Waals surface area contributed by atoms with Gasteiger partial charge in [-0.1, -0.05) is 17.3 Å². The van der Waals surface area contributed by atoms with E-state index in [2.05, 4.69) is 9.99 Å². The first-order valence-electron chi connectivity index (χ1n) is 6.34. The second-order valence-corrected chi connectivity index (χ2v) is 4.49. The van der Waals surface area contributed by atoms with Crippen LogP contribution >= 0.6 is 0 Å². The highest BCUT2D eigenvalue weighted by Crippen LogP contribution is 2.21. The minimum Gasteiger partial charge on any atom is -0.378 e. The average molecular weight is 276 g/mol. The highest BCUT2D eigenvalue weighted by atomic mass is 19.1. The zero-order chi connectivity index (χ0) is 13.9. The number of carbonyl (C=O) groups is 1. The maximum Gasteiger partial charge on any atom is 0.369 e. The third kappa shape index (κ3) is 2.42. The van der Waals surface area contributed by atoms with Gasteiger partial charge in [-0.15, -0.1) is 0 Å². The molecule has 3 rings (SSSR count). The van der Waals surface area contributed by atoms with Gasteiger partial charge in [0, 0.05) is 24.9 Å². The number of morpholine rings is 1. The number of oxime groups is 1. The normalized spacial score (nSPS) is 21.1. The molecule has 0 aliphatic carbocycles. The molecule has 0 saturated carbocycles. The lowest BCUT2D eigenvalue weighted by atomic mass is 10.0. The molecule has 0 spiro atoms. The third-order valence-electron chi connectivity index (χ3n) is 3.18. The van der Waals surface area contributed by atoms with E-state index < -0.39 is 11.8 Å². The summed E-state index contributed by atoms with van der Waals surface area (Å²) >= 11 is 0. The van der Waals surface area contributed by atoms with Gasteiger partial charge in [-0.05, 0) is 12.1 Å². The molecule has 1 aromatic carbocycles. The Balaban J connectivity index is 1.92. The Kier molecular flexibility index (Phi) is 3.47. The number of rotatable bonds is 2. The Bertz CT molecular complexity index is 592. The lowest BCUT2D eigenvalue weighted by Gasteiger charge is -2.25. The molecule has 0 amide bonds. The molecule has 6 heteroatoms. The SMILES string of the molecule is O=C1ON=C(c2ccccc2F)/C1=C/N1CCOCC1. The minimum absolute atomic E-state index is 0.236. The van der Waals surface area contributed by atoms with Gasteiger partial charge in [-0.25, -0.2) is 9.18 Å². The van der Waals surface area contributed by atoms with Crippen LogP contribution in [0.2, 0.25) is 0 Å². The molecule has 2 heterocycles. The molecule has 0 radical (unpaired) electrons. The summed E-state index contributed by atoms with van der Waals surface area (Å²) in [5.41, 5.74) is 0.773. The van der Waals surface area contributed by atoms with Crippen molar-refractivity contribution in [1.82, 2.24) is 4.90 Å². The van der Waals surface area contributed by atoms with E-state index in [1.165, 1.54) is 6.07 Å². The van der Waals surface area contributed by atoms with Gasteiger partial charge in [0.05, 0.1) is 13.2 Å². The van der Waals surface area contributed by atoms with Crippen molar-refractivity contribution in [3.05, 3.63) is 47.4 Å². The predicted molar refractivity (Wildman–Crippen MR) is 69.5 cm³/mol. The van der Waals surface area contributed by atoms with Gasteiger partial charge >= 0.3 is 5.97 Å². The quantitative estimate of drug-likeness (QED) is 0.603. The second-order valence-electron chi connectivity index (χ2n) is 4.49. The molecule has 5 nitrogen and oxygen atoms in total. The molecule has 2 aliphatic rings. The van der Waals surface area contributed by atoms with Crippen LogP contribution in [0.4, 0.5) is 4.39 Å². The molecule has 0 atom stereocenters. The van der Waals surface area contributed by atoms with Gasteiger partial charge in [-0.3, -0.25) is 0 Å². The molecular weight excluding hydrogens is 263 g/mol. The van der Waals surface area contributed by atoms with E-state index in [4.69, 9.17) is 4.74 Å². The van der Waals surface area contributed by atoms with Gasteiger partial charge in [0.25, 0.3) is 0 Å². The van der Waals surface area contributed by atoms with Crippen LogP contribution in [0.15, 0.2) is 41.2 Å². The average Bonchev–Trinajstić information content (AvgIpc) is 2.82. The molecule has 0 unspecified atom stereocenters. The van der Waals surface area contributed by atoms with Crippen LogP contribution in [0.25, 0.3) is 0 Å². The van der Waals surface area contributed by atoms with Crippen molar-refractivity contribution in [2.45, 2.75) is 0 Å². The van der Waals surface area contributed by atoms with Crippen molar-refractivity contribution in [2.75, 3.05) is 26.3 Å². The van der Waals surface area contributed by atoms with E-state index in [9.17, 15) is 9.18 Å². The van der Waals surface area contributed by atoms with Gasteiger partial charge in [0.1, 0.15) is 17.1 Å². The van der Waals surface area contributed by atoms with E-state index in [0.717, 1.165) is 0 Å². The van der Waals surface area contributed by atoms with Crippen LogP contribution in [0, 0.1) is 5.82 Å². The summed E-state index contributed by atoms with van der Waals surface area (Å²) in [6.07, 6.45) is 1.67. The van der Waals surface area contributed by atoms with Crippen molar-refractivity contribution in [3.8, 4) is 0 Å². The van der Waals surface area contributed by atoms with Crippen molar-refractivity contribution in [2.24, 2.45) is 5.16 Å². The van der Waals surface area contributed by atoms with Crippen LogP contribution in [-0.2, 0) is 14.4 Å². The number of hydrogen-bond acceptors (Lipinski definition) is 5. The maximum atomic E-state index is 13.8. The van der Waals surface area contributed by atoms with Crippen molar-refractivity contribution >= 4 is 11.7 Å². The largest absolute Gasteiger partial charge is 0.378 e. The topological polar surface area (TPSA) is 51.1 Å². The fourth-order valence-electron chi connectivity index (χ4n) is 2.13. The van der Waals surface area contributed by atoms with E-state index >= 15 is 0 Å². The predicted octanol–water partition coefficient (Wildman–Crippen LogP) is 1.30. The molecule has 0 aromatic heterocycles. The molecule has 1 aromatic rings. The Hall–Kier alpha value is -2.21. The maximum absolute atomic E-state index is 13.8. The molecule has 20 heavy (non-hydrogen) atoms. The monoisotopic (exact) mass is 276 g/mol. The third-order valence-corrected chi connectivity index (χ3v) is 3.18. The van der Waals surface area contributed by atoms with Gasteiger partial charge in [0.15, 0.2) is 0 Å². The Morgan fingerprint density at radius 3 is 2.75 bits per heavy atom. The lowest BCUT2D eigenvalue weighted by Crippen LogP contribution is -2.33. The summed E-state index contributed by atoms with van der Waals surface area (Å²) in [7, 11) is 0. The minimum atomic E-state index is -0.560. The summed E-state index contributed by atoms with van der Waals surface area (Å²) in [6, 6.07) is 6.18. The number of hydrogen-bond donors (Lipinski definition) is 0. The van der Waals surface area contributed by atoms with Crippen LogP contribution in [0.3, 0.4) is 0 Å². The first kappa shape index (κ1) is 12.8. The molecular formula is C14H13FN2O3. The molecule has 1 fully saturated rings. The van der Waals surface area contributed by atoms with E-state index in [1.807, 2.05) is 4.90 Å². The standard InChI is InChI=1S/C14H13FN2O3/c15-12-4-2-1-3-10(12)13-11(14(18)20-16-13)9-17-5-7-19-8-6-17/h1-4,9H,5-8H2/b11-9-. The Morgan fingerprint density at radius 2 is 2.00 bits per heavy atom. The zero-order valence-corrected chi connectivity index (χ0v) is 10.7. The molecule has 1 saturated heterocycles. The van der Waals surface area contributed by atoms with E-state index in [1.54, 1.807) is 24.4 Å². The number of ether oxygens (including phenoxy) is 1. The van der Waals surface area contributed by atoms with Crippen LogP contribution < -0.4 is 0 Å².